The summed E-state index contributed by atoms with van der Waals surface area (Å²) in [4.78, 5) is 26.1. The van der Waals surface area contributed by atoms with Crippen LogP contribution in [0.1, 0.15) is 58.3 Å². The summed E-state index contributed by atoms with van der Waals surface area (Å²) in [6.45, 7) is 3.09. The van der Waals surface area contributed by atoms with Gasteiger partial charge in [0.25, 0.3) is 0 Å². The zero-order valence-corrected chi connectivity index (χ0v) is 45.6. The first-order valence-corrected chi connectivity index (χ1v) is 23.5. The average molecular weight is 1060 g/mol. The van der Waals surface area contributed by atoms with Crippen LogP contribution >= 0.6 is 11.6 Å². The smallest absolute Gasteiger partial charge is 0.350 e. The van der Waals surface area contributed by atoms with Gasteiger partial charge in [0.05, 0.1) is 125 Å². The average Bonchev–Trinajstić information content (AvgIpc) is 3.37. The van der Waals surface area contributed by atoms with Crippen LogP contribution in [-0.2, 0) is 38.3 Å². The van der Waals surface area contributed by atoms with Gasteiger partial charge in [-0.2, -0.15) is 0 Å². The van der Waals surface area contributed by atoms with Crippen molar-refractivity contribution in [3.8, 4) is 57.5 Å². The topological polar surface area (TPSA) is 145 Å². The Labute approximate surface area is 441 Å². The number of likely N-dealkylation sites (N-methyl/N-ethyl adjacent to an activating group) is 2. The first-order valence-electron chi connectivity index (χ1n) is 23.2. The number of halogens is 3. The van der Waals surface area contributed by atoms with Gasteiger partial charge in [-0.1, -0.05) is 11.6 Å². The molecule has 396 valence electrons. The molecule has 4 aromatic rings. The molecule has 0 spiro atoms. The number of esters is 2. The first-order chi connectivity index (χ1) is 33.7. The third-order valence-electron chi connectivity index (χ3n) is 13.8. The minimum absolute atomic E-state index is 0. The van der Waals surface area contributed by atoms with E-state index in [4.69, 9.17) is 68.4 Å². The molecule has 0 saturated carbocycles. The van der Waals surface area contributed by atoms with E-state index in [-0.39, 0.29) is 55.1 Å². The summed E-state index contributed by atoms with van der Waals surface area (Å²) in [7, 11) is 20.5. The van der Waals surface area contributed by atoms with Crippen LogP contribution < -0.4 is 72.2 Å². The lowest BCUT2D eigenvalue weighted by Gasteiger charge is -2.46. The predicted octanol–water partition coefficient (Wildman–Crippen LogP) is 1.85. The Morgan fingerprint density at radius 1 is 0.542 bits per heavy atom. The predicted molar refractivity (Wildman–Crippen MR) is 264 cm³/mol. The zero-order valence-electron chi connectivity index (χ0n) is 43.4. The second-order valence-electron chi connectivity index (χ2n) is 17.8. The summed E-state index contributed by atoms with van der Waals surface area (Å²) in [5.41, 5.74) is 6.47. The van der Waals surface area contributed by atoms with Crippen molar-refractivity contribution in [3.05, 3.63) is 93.0 Å². The molecule has 0 saturated heterocycles. The van der Waals surface area contributed by atoms with Crippen LogP contribution in [0.25, 0.3) is 0 Å². The number of benzene rings is 4. The summed E-state index contributed by atoms with van der Waals surface area (Å²) in [5.74, 6) is 4.29. The van der Waals surface area contributed by atoms with Gasteiger partial charge in [-0.15, -0.1) is 0 Å². The Hall–Kier alpha value is -5.65. The number of hydrogen-bond donors (Lipinski definition) is 0. The number of methoxy groups -OCH3 is 10. The molecule has 0 aliphatic carbocycles. The molecule has 4 aromatic carbocycles. The van der Waals surface area contributed by atoms with E-state index < -0.39 is 11.9 Å². The monoisotopic (exact) mass is 1060 g/mol. The van der Waals surface area contributed by atoms with Gasteiger partial charge in [0.15, 0.2) is 46.0 Å². The molecule has 19 heteroatoms. The third kappa shape index (κ3) is 12.7. The summed E-state index contributed by atoms with van der Waals surface area (Å²) in [6, 6.07) is 15.9. The van der Waals surface area contributed by atoms with Gasteiger partial charge in [0.1, 0.15) is 17.1 Å². The van der Waals surface area contributed by atoms with Crippen LogP contribution in [0.2, 0.25) is 0 Å². The quantitative estimate of drug-likeness (QED) is 0.0462. The number of fused-ring (bicyclic) bond motifs is 2. The molecule has 6 rings (SSSR count). The minimum atomic E-state index is -0.804. The van der Waals surface area contributed by atoms with Gasteiger partial charge in [-0.25, -0.2) is 9.59 Å². The van der Waals surface area contributed by atoms with Gasteiger partial charge in [-0.05, 0) is 65.2 Å². The number of rotatable bonds is 23. The standard InChI is InChI=1S/C53H69ClN2O14.2ClH/c1-55(19-15-34-26-41(59-3)43(61-5)30-37(34)40(55)23-33-24-45(63-7)51(67-11)46(25-33)64-8)17-13-22-70-53(58)39(54)32-49(57)69-21-14-18-56(2)20-16-35-27-42(60-4)44(62-6)31-38(35)50(56)36-28-47(65-9)52(68-12)48(29-36)66-10;;/h24-32,40,50H,13-23H2,1-12H3;2*1H/q+2;;/p-2/b39-32-;;/t40-,50-,55-,56-;;/m0../s1. The van der Waals surface area contributed by atoms with E-state index in [1.165, 1.54) is 5.56 Å². The molecule has 0 amide bonds. The van der Waals surface area contributed by atoms with Crippen LogP contribution in [-0.4, -0.2) is 145 Å². The van der Waals surface area contributed by atoms with Crippen LogP contribution in [0.4, 0.5) is 0 Å². The van der Waals surface area contributed by atoms with Gasteiger partial charge in [-0.3, -0.25) is 0 Å². The van der Waals surface area contributed by atoms with E-state index in [2.05, 4.69) is 26.2 Å². The highest BCUT2D eigenvalue weighted by Crippen LogP contribution is 2.49. The highest BCUT2D eigenvalue weighted by molar-refractivity contribution is 6.42. The highest BCUT2D eigenvalue weighted by atomic mass is 35.5. The Balaban J connectivity index is 0.00000562. The molecular formula is C53H69Cl3N2O14. The lowest BCUT2D eigenvalue weighted by molar-refractivity contribution is -0.941. The van der Waals surface area contributed by atoms with Gasteiger partial charge in [0.2, 0.25) is 11.5 Å². The van der Waals surface area contributed by atoms with Crippen LogP contribution in [0, 0.1) is 0 Å². The lowest BCUT2D eigenvalue weighted by Crippen LogP contribution is -3.00. The van der Waals surface area contributed by atoms with Crippen molar-refractivity contribution < 1.29 is 100 Å². The highest BCUT2D eigenvalue weighted by Gasteiger charge is 2.43. The van der Waals surface area contributed by atoms with E-state index >= 15 is 0 Å². The van der Waals surface area contributed by atoms with Crippen molar-refractivity contribution in [1.29, 1.82) is 0 Å². The summed E-state index contributed by atoms with van der Waals surface area (Å²) in [5, 5.41) is -0.364. The molecule has 0 aromatic heterocycles. The molecule has 0 N–H and O–H groups in total. The van der Waals surface area contributed by atoms with E-state index in [0.717, 1.165) is 59.8 Å². The minimum Gasteiger partial charge on any atom is -1.00 e. The Morgan fingerprint density at radius 2 is 0.958 bits per heavy atom. The summed E-state index contributed by atoms with van der Waals surface area (Å²) >= 11 is 6.36. The molecule has 2 heterocycles. The van der Waals surface area contributed by atoms with Crippen molar-refractivity contribution in [3.63, 3.8) is 0 Å². The molecule has 2 aliphatic rings. The SMILES string of the molecule is COc1cc2c(cc1OC)[C@H](c1cc(OC)c(OC)c(OC)c1)[N@@+](C)(CCCOC(=O)/C=C(\Cl)C(=O)OCCC[N@@+]1(C)CCc3cc(OC)c(OC)cc3[C@@H]1Cc1cc(OC)c(OC)c(OC)c1)CC2.[Cl-].[Cl-]. The number of carbonyl (C=O) groups is 2. The molecule has 0 radical (unpaired) electrons. The molecule has 16 nitrogen and oxygen atoms in total. The normalized spacial score (nSPS) is 18.9. The van der Waals surface area contributed by atoms with E-state index in [9.17, 15) is 9.59 Å². The Bertz CT molecular complexity index is 2490. The number of nitrogens with zero attached hydrogens (tertiary/aromatic N) is 2. The van der Waals surface area contributed by atoms with E-state index in [0.29, 0.717) is 98.8 Å². The van der Waals surface area contributed by atoms with Crippen LogP contribution in [0.3, 0.4) is 0 Å². The van der Waals surface area contributed by atoms with Crippen LogP contribution in [0.15, 0.2) is 59.6 Å². The fourth-order valence-corrected chi connectivity index (χ4v) is 10.3. The van der Waals surface area contributed by atoms with Gasteiger partial charge >= 0.3 is 11.9 Å². The van der Waals surface area contributed by atoms with Crippen molar-refractivity contribution in [2.75, 3.05) is 125 Å². The second-order valence-corrected chi connectivity index (χ2v) is 18.2. The second kappa shape index (κ2) is 26.3. The molecule has 0 fully saturated rings. The van der Waals surface area contributed by atoms with Gasteiger partial charge in [0, 0.05) is 54.9 Å². The molecule has 2 aliphatic heterocycles. The number of carbonyl (C=O) groups excluding carboxylic acids is 2. The first kappa shape index (κ1) is 58.9. The summed E-state index contributed by atoms with van der Waals surface area (Å²) < 4.78 is 69.4. The molecule has 72 heavy (non-hydrogen) atoms. The zero-order chi connectivity index (χ0) is 50.8. The fraction of sp³-hybridized carbons (Fsp3) is 0.472. The van der Waals surface area contributed by atoms with Crippen LogP contribution in [0.5, 0.6) is 57.5 Å². The Morgan fingerprint density at radius 3 is 1.44 bits per heavy atom. The Kier molecular flexibility index (Phi) is 21.6. The van der Waals surface area contributed by atoms with E-state index in [1.54, 1.807) is 71.1 Å². The lowest BCUT2D eigenvalue weighted by atomic mass is 9.85. The van der Waals surface area contributed by atoms with E-state index in [1.807, 2.05) is 36.4 Å². The molecule has 0 unspecified atom stereocenters. The van der Waals surface area contributed by atoms with Gasteiger partial charge < -0.3 is 90.6 Å². The maximum atomic E-state index is 13.1. The number of quaternary nitrogens is 2. The molecular weight excluding hydrogens is 995 g/mol. The third-order valence-corrected chi connectivity index (χ3v) is 14.1. The van der Waals surface area contributed by atoms with Crippen molar-refractivity contribution in [1.82, 2.24) is 0 Å². The maximum Gasteiger partial charge on any atom is 0.350 e. The molecule has 0 bridgehead atoms. The molecule has 4 atom stereocenters. The van der Waals surface area contributed by atoms with Crippen molar-refractivity contribution in [2.24, 2.45) is 0 Å². The maximum absolute atomic E-state index is 13.1. The van der Waals surface area contributed by atoms with Crippen molar-refractivity contribution in [2.45, 2.75) is 44.2 Å². The largest absolute Gasteiger partial charge is 1.00 e. The fourth-order valence-electron chi connectivity index (χ4n) is 10.2. The summed E-state index contributed by atoms with van der Waals surface area (Å²) in [6.07, 6.45) is 4.24. The van der Waals surface area contributed by atoms with Crippen molar-refractivity contribution >= 4 is 23.5 Å². The number of hydrogen-bond acceptors (Lipinski definition) is 14. The number of ether oxygens (including phenoxy) is 12.